The van der Waals surface area contributed by atoms with Crippen LogP contribution in [-0.4, -0.2) is 32.0 Å². The minimum absolute atomic E-state index is 0.646. The highest BCUT2D eigenvalue weighted by Gasteiger charge is 2.15. The number of nitrogens with zero attached hydrogens (tertiary/aromatic N) is 2. The van der Waals surface area contributed by atoms with E-state index in [-0.39, 0.29) is 0 Å². The Morgan fingerprint density at radius 1 is 1.39 bits per heavy atom. The Bertz CT molecular complexity index is 476. The lowest BCUT2D eigenvalue weighted by Crippen LogP contribution is -2.10. The molecule has 0 aliphatic rings. The van der Waals surface area contributed by atoms with Crippen LogP contribution in [0.2, 0.25) is 0 Å². The van der Waals surface area contributed by atoms with Crippen LogP contribution in [0.3, 0.4) is 0 Å². The smallest absolute Gasteiger partial charge is 0.146 e. The minimum atomic E-state index is 0.646. The fraction of sp³-hybridized carbons (Fsp3) is 0.286. The van der Waals surface area contributed by atoms with Crippen LogP contribution in [0, 0.1) is 0 Å². The molecule has 18 heavy (non-hydrogen) atoms. The average molecular weight is 246 g/mol. The van der Waals surface area contributed by atoms with Crippen molar-refractivity contribution in [3.8, 4) is 5.75 Å². The van der Waals surface area contributed by atoms with E-state index in [1.54, 1.807) is 27.5 Å². The zero-order valence-electron chi connectivity index (χ0n) is 11.2. The molecule has 1 rings (SSSR count). The van der Waals surface area contributed by atoms with Gasteiger partial charge in [0.25, 0.3) is 0 Å². The monoisotopic (exact) mass is 246 g/mol. The Kier molecular flexibility index (Phi) is 5.64. The molecule has 0 N–H and O–H groups in total. The number of allylic oxidation sites excluding steroid dienone is 4. The van der Waals surface area contributed by atoms with Crippen LogP contribution in [-0.2, 0) is 4.74 Å². The molecular formula is C14H18N2O2. The standard InChI is InChI=1S/C14H18N2O2/c1-5-6-8-11(17-3)13(15-2)14-12(18-4)9-7-10-16-14/h5-10H,1-4H3/b6-5-,11-8+,15-13-. The number of aromatic nitrogens is 1. The molecule has 0 aromatic carbocycles. The number of ether oxygens (including phenoxy) is 2. The molecule has 4 nitrogen and oxygen atoms in total. The van der Waals surface area contributed by atoms with E-state index in [1.807, 2.05) is 37.3 Å². The maximum atomic E-state index is 5.34. The average Bonchev–Trinajstić information content (AvgIpc) is 2.43. The number of hydrogen-bond acceptors (Lipinski definition) is 4. The van der Waals surface area contributed by atoms with Crippen molar-refractivity contribution < 1.29 is 9.47 Å². The third-order valence-corrected chi connectivity index (χ3v) is 2.33. The van der Waals surface area contributed by atoms with Crippen molar-refractivity contribution in [3.63, 3.8) is 0 Å². The molecule has 0 unspecified atom stereocenters. The van der Waals surface area contributed by atoms with E-state index in [2.05, 4.69) is 9.98 Å². The van der Waals surface area contributed by atoms with E-state index in [0.717, 1.165) is 0 Å². The molecule has 0 aliphatic heterocycles. The molecule has 0 radical (unpaired) electrons. The molecular weight excluding hydrogens is 228 g/mol. The van der Waals surface area contributed by atoms with Gasteiger partial charge in [-0.2, -0.15) is 0 Å². The van der Waals surface area contributed by atoms with Crippen LogP contribution >= 0.6 is 0 Å². The summed E-state index contributed by atoms with van der Waals surface area (Å²) in [6, 6.07) is 3.66. The van der Waals surface area contributed by atoms with Gasteiger partial charge in [0.05, 0.1) is 14.2 Å². The summed E-state index contributed by atoms with van der Waals surface area (Å²) in [5.41, 5.74) is 1.33. The van der Waals surface area contributed by atoms with Gasteiger partial charge in [0.1, 0.15) is 22.9 Å². The molecule has 0 bridgehead atoms. The largest absolute Gasteiger partial charge is 0.494 e. The fourth-order valence-corrected chi connectivity index (χ4v) is 1.49. The van der Waals surface area contributed by atoms with Crippen LogP contribution in [0.4, 0.5) is 0 Å². The van der Waals surface area contributed by atoms with Crippen LogP contribution in [0.15, 0.2) is 47.3 Å². The van der Waals surface area contributed by atoms with Crippen LogP contribution in [0.5, 0.6) is 5.75 Å². The summed E-state index contributed by atoms with van der Waals surface area (Å²) in [4.78, 5) is 8.53. The van der Waals surface area contributed by atoms with Gasteiger partial charge in [0, 0.05) is 13.2 Å². The number of aliphatic imine (C=N–C) groups is 1. The molecule has 0 aliphatic carbocycles. The molecule has 0 atom stereocenters. The maximum Gasteiger partial charge on any atom is 0.146 e. The summed E-state index contributed by atoms with van der Waals surface area (Å²) in [5, 5.41) is 0. The van der Waals surface area contributed by atoms with Crippen molar-refractivity contribution >= 4 is 5.71 Å². The molecule has 96 valence electrons. The van der Waals surface area contributed by atoms with Gasteiger partial charge in [-0.25, -0.2) is 0 Å². The number of rotatable bonds is 5. The van der Waals surface area contributed by atoms with Gasteiger partial charge in [0.15, 0.2) is 0 Å². The van der Waals surface area contributed by atoms with Crippen molar-refractivity contribution in [2.45, 2.75) is 6.92 Å². The lowest BCUT2D eigenvalue weighted by Gasteiger charge is -2.11. The van der Waals surface area contributed by atoms with E-state index in [9.17, 15) is 0 Å². The molecule has 1 aromatic rings. The summed E-state index contributed by atoms with van der Waals surface area (Å²) in [6.45, 7) is 1.94. The van der Waals surface area contributed by atoms with Gasteiger partial charge in [-0.3, -0.25) is 9.98 Å². The normalized spacial score (nSPS) is 12.9. The summed E-state index contributed by atoms with van der Waals surface area (Å²) in [7, 11) is 4.91. The molecule has 0 saturated carbocycles. The zero-order valence-corrected chi connectivity index (χ0v) is 11.2. The quantitative estimate of drug-likeness (QED) is 0.455. The van der Waals surface area contributed by atoms with Crippen molar-refractivity contribution in [2.75, 3.05) is 21.3 Å². The Balaban J connectivity index is 3.25. The highest BCUT2D eigenvalue weighted by molar-refractivity contribution is 6.11. The van der Waals surface area contributed by atoms with Crippen molar-refractivity contribution in [1.82, 2.24) is 4.98 Å². The van der Waals surface area contributed by atoms with Crippen molar-refractivity contribution in [3.05, 3.63) is 48.0 Å². The lowest BCUT2D eigenvalue weighted by molar-refractivity contribution is 0.314. The van der Waals surface area contributed by atoms with Gasteiger partial charge in [0.2, 0.25) is 0 Å². The van der Waals surface area contributed by atoms with Crippen LogP contribution in [0.25, 0.3) is 0 Å². The van der Waals surface area contributed by atoms with E-state index in [1.165, 1.54) is 0 Å². The summed E-state index contributed by atoms with van der Waals surface area (Å²) in [5.74, 6) is 1.31. The van der Waals surface area contributed by atoms with Crippen molar-refractivity contribution in [1.29, 1.82) is 0 Å². The first-order valence-corrected chi connectivity index (χ1v) is 5.62. The van der Waals surface area contributed by atoms with Gasteiger partial charge >= 0.3 is 0 Å². The molecule has 0 fully saturated rings. The molecule has 0 saturated heterocycles. The maximum absolute atomic E-state index is 5.34. The second kappa shape index (κ2) is 7.27. The molecule has 0 amide bonds. The van der Waals surface area contributed by atoms with Crippen molar-refractivity contribution in [2.24, 2.45) is 4.99 Å². The highest BCUT2D eigenvalue weighted by Crippen LogP contribution is 2.19. The second-order valence-electron chi connectivity index (χ2n) is 3.39. The third-order valence-electron chi connectivity index (χ3n) is 2.33. The van der Waals surface area contributed by atoms with E-state index in [4.69, 9.17) is 9.47 Å². The molecule has 0 spiro atoms. The Hall–Kier alpha value is -2.10. The minimum Gasteiger partial charge on any atom is -0.494 e. The van der Waals surface area contributed by atoms with Crippen LogP contribution in [0.1, 0.15) is 12.6 Å². The fourth-order valence-electron chi connectivity index (χ4n) is 1.49. The molecule has 4 heteroatoms. The zero-order chi connectivity index (χ0) is 13.4. The van der Waals surface area contributed by atoms with Gasteiger partial charge in [-0.1, -0.05) is 12.2 Å². The lowest BCUT2D eigenvalue weighted by atomic mass is 10.1. The van der Waals surface area contributed by atoms with Crippen LogP contribution < -0.4 is 4.74 Å². The number of pyridine rings is 1. The first-order valence-electron chi connectivity index (χ1n) is 5.62. The van der Waals surface area contributed by atoms with E-state index in [0.29, 0.717) is 22.9 Å². The predicted octanol–water partition coefficient (Wildman–Crippen LogP) is 2.62. The summed E-state index contributed by atoms with van der Waals surface area (Å²) >= 11 is 0. The topological polar surface area (TPSA) is 43.7 Å². The van der Waals surface area contributed by atoms with E-state index < -0.39 is 0 Å². The first kappa shape index (κ1) is 14.0. The summed E-state index contributed by atoms with van der Waals surface area (Å²) < 4.78 is 10.6. The Labute approximate surface area is 108 Å². The van der Waals surface area contributed by atoms with Gasteiger partial charge in [-0.05, 0) is 25.1 Å². The van der Waals surface area contributed by atoms with Gasteiger partial charge < -0.3 is 9.47 Å². The first-order chi connectivity index (χ1) is 8.78. The Morgan fingerprint density at radius 2 is 2.17 bits per heavy atom. The SMILES string of the molecule is C\C=C/C=C(OC)\C(=N\C)c1ncccc1OC. The molecule has 1 heterocycles. The number of methoxy groups -OCH3 is 2. The predicted molar refractivity (Wildman–Crippen MR) is 73.2 cm³/mol. The number of hydrogen-bond donors (Lipinski definition) is 0. The second-order valence-corrected chi connectivity index (χ2v) is 3.39. The molecule has 1 aromatic heterocycles. The van der Waals surface area contributed by atoms with E-state index >= 15 is 0 Å². The summed E-state index contributed by atoms with van der Waals surface area (Å²) in [6.07, 6.45) is 7.35. The highest BCUT2D eigenvalue weighted by atomic mass is 16.5. The third kappa shape index (κ3) is 3.20. The Morgan fingerprint density at radius 3 is 2.72 bits per heavy atom. The van der Waals surface area contributed by atoms with Gasteiger partial charge in [-0.15, -0.1) is 0 Å².